The highest BCUT2D eigenvalue weighted by atomic mass is 14.8. The van der Waals surface area contributed by atoms with E-state index in [0.29, 0.717) is 11.5 Å². The summed E-state index contributed by atoms with van der Waals surface area (Å²) >= 11 is 0. The molecule has 0 aromatic carbocycles. The minimum absolute atomic E-state index is 0.373. The van der Waals surface area contributed by atoms with Crippen LogP contribution in [-0.2, 0) is 0 Å². The Morgan fingerprint density at radius 2 is 2.00 bits per heavy atom. The van der Waals surface area contributed by atoms with Crippen molar-refractivity contribution >= 4 is 5.71 Å². The van der Waals surface area contributed by atoms with Crippen LogP contribution in [0.4, 0.5) is 0 Å². The smallest absolute Gasteiger partial charge is 0.0550 e. The molecule has 10 heavy (non-hydrogen) atoms. The Morgan fingerprint density at radius 3 is 2.20 bits per heavy atom. The fourth-order valence-electron chi connectivity index (χ4n) is 1.37. The second-order valence-corrected chi connectivity index (χ2v) is 4.28. The van der Waals surface area contributed by atoms with E-state index in [4.69, 9.17) is 0 Å². The van der Waals surface area contributed by atoms with Crippen molar-refractivity contribution in [1.29, 1.82) is 0 Å². The summed E-state index contributed by atoms with van der Waals surface area (Å²) in [5.74, 6) is 0. The van der Waals surface area contributed by atoms with Gasteiger partial charge < -0.3 is 0 Å². The van der Waals surface area contributed by atoms with Gasteiger partial charge >= 0.3 is 0 Å². The van der Waals surface area contributed by atoms with E-state index in [2.05, 4.69) is 32.7 Å². The minimum atomic E-state index is 0.373. The minimum Gasteiger partial charge on any atom is -0.291 e. The molecular formula is C9H17N. The zero-order chi connectivity index (χ0) is 7.78. The zero-order valence-electron chi connectivity index (χ0n) is 7.44. The molecule has 0 saturated heterocycles. The third kappa shape index (κ3) is 1.59. The zero-order valence-corrected chi connectivity index (χ0v) is 7.44. The maximum absolute atomic E-state index is 4.58. The summed E-state index contributed by atoms with van der Waals surface area (Å²) in [4.78, 5) is 4.58. The molecule has 0 N–H and O–H groups in total. The molecule has 0 radical (unpaired) electrons. The number of nitrogens with zero attached hydrogens (tertiary/aromatic N) is 1. The molecule has 0 bridgehead atoms. The average molecular weight is 139 g/mol. The van der Waals surface area contributed by atoms with Gasteiger partial charge in [0.15, 0.2) is 0 Å². The summed E-state index contributed by atoms with van der Waals surface area (Å²) in [6.45, 7) is 8.92. The molecule has 0 aliphatic carbocycles. The second kappa shape index (κ2) is 2.37. The molecule has 1 atom stereocenters. The van der Waals surface area contributed by atoms with Crippen LogP contribution in [0.2, 0.25) is 0 Å². The Labute approximate surface area is 63.5 Å². The quantitative estimate of drug-likeness (QED) is 0.489. The molecule has 0 saturated carbocycles. The molecule has 1 heteroatoms. The van der Waals surface area contributed by atoms with Gasteiger partial charge in [0.05, 0.1) is 6.04 Å². The number of aliphatic imine (C=N–C) groups is 1. The monoisotopic (exact) mass is 139 g/mol. The largest absolute Gasteiger partial charge is 0.291 e. The maximum Gasteiger partial charge on any atom is 0.0550 e. The maximum atomic E-state index is 4.58. The van der Waals surface area contributed by atoms with Crippen LogP contribution in [0.15, 0.2) is 4.99 Å². The van der Waals surface area contributed by atoms with E-state index >= 15 is 0 Å². The van der Waals surface area contributed by atoms with Gasteiger partial charge in [-0.25, -0.2) is 0 Å². The van der Waals surface area contributed by atoms with Crippen molar-refractivity contribution in [2.45, 2.75) is 46.6 Å². The van der Waals surface area contributed by atoms with Crippen molar-refractivity contribution in [3.05, 3.63) is 0 Å². The normalized spacial score (nSPS) is 26.8. The molecule has 1 heterocycles. The Balaban J connectivity index is 2.61. The van der Waals surface area contributed by atoms with E-state index in [1.807, 2.05) is 0 Å². The molecule has 1 aliphatic heterocycles. The Morgan fingerprint density at radius 1 is 1.40 bits per heavy atom. The summed E-state index contributed by atoms with van der Waals surface area (Å²) in [6, 6.07) is 0.576. The molecule has 58 valence electrons. The van der Waals surface area contributed by atoms with Crippen LogP contribution in [-0.4, -0.2) is 11.8 Å². The van der Waals surface area contributed by atoms with E-state index in [1.54, 1.807) is 0 Å². The van der Waals surface area contributed by atoms with Crippen molar-refractivity contribution in [3.63, 3.8) is 0 Å². The van der Waals surface area contributed by atoms with Gasteiger partial charge in [-0.2, -0.15) is 0 Å². The van der Waals surface area contributed by atoms with E-state index in [-0.39, 0.29) is 0 Å². The van der Waals surface area contributed by atoms with Gasteiger partial charge in [0, 0.05) is 5.71 Å². The lowest BCUT2D eigenvalue weighted by atomic mass is 9.86. The fraction of sp³-hybridized carbons (Fsp3) is 0.889. The lowest BCUT2D eigenvalue weighted by molar-refractivity contribution is 0.322. The first-order valence-electron chi connectivity index (χ1n) is 4.03. The SMILES string of the molecule is CC1=NC(C(C)(C)C)CC1. The van der Waals surface area contributed by atoms with Crippen LogP contribution < -0.4 is 0 Å². The van der Waals surface area contributed by atoms with Gasteiger partial charge in [-0.05, 0) is 25.2 Å². The summed E-state index contributed by atoms with van der Waals surface area (Å²) in [5, 5.41) is 0. The Hall–Kier alpha value is -0.330. The number of rotatable bonds is 0. The van der Waals surface area contributed by atoms with E-state index in [9.17, 15) is 0 Å². The highest BCUT2D eigenvalue weighted by Gasteiger charge is 2.26. The van der Waals surface area contributed by atoms with Gasteiger partial charge in [0.25, 0.3) is 0 Å². The standard InChI is InChI=1S/C9H17N/c1-7-5-6-8(10-7)9(2,3)4/h8H,5-6H2,1-4H3. The third-order valence-electron chi connectivity index (χ3n) is 2.16. The highest BCUT2D eigenvalue weighted by molar-refractivity contribution is 5.83. The van der Waals surface area contributed by atoms with Crippen LogP contribution in [0.1, 0.15) is 40.5 Å². The lowest BCUT2D eigenvalue weighted by Gasteiger charge is -2.23. The van der Waals surface area contributed by atoms with Crippen LogP contribution >= 0.6 is 0 Å². The predicted octanol–water partition coefficient (Wildman–Crippen LogP) is 2.66. The summed E-state index contributed by atoms with van der Waals surface area (Å²) in [6.07, 6.45) is 2.47. The molecule has 0 spiro atoms. The summed E-state index contributed by atoms with van der Waals surface area (Å²) in [7, 11) is 0. The van der Waals surface area contributed by atoms with Gasteiger partial charge in [0.1, 0.15) is 0 Å². The molecule has 1 rings (SSSR count). The predicted molar refractivity (Wildman–Crippen MR) is 45.6 cm³/mol. The van der Waals surface area contributed by atoms with Gasteiger partial charge in [-0.1, -0.05) is 20.8 Å². The first kappa shape index (κ1) is 7.77. The molecule has 0 fully saturated rings. The van der Waals surface area contributed by atoms with Crippen LogP contribution in [0.3, 0.4) is 0 Å². The molecule has 1 nitrogen and oxygen atoms in total. The van der Waals surface area contributed by atoms with Crippen LogP contribution in [0.25, 0.3) is 0 Å². The third-order valence-corrected chi connectivity index (χ3v) is 2.16. The van der Waals surface area contributed by atoms with E-state index in [1.165, 1.54) is 18.6 Å². The first-order chi connectivity index (χ1) is 4.50. The van der Waals surface area contributed by atoms with Gasteiger partial charge in [-0.3, -0.25) is 4.99 Å². The molecular weight excluding hydrogens is 122 g/mol. The molecule has 0 aromatic rings. The van der Waals surface area contributed by atoms with Crippen molar-refractivity contribution in [2.24, 2.45) is 10.4 Å². The van der Waals surface area contributed by atoms with Gasteiger partial charge in [0.2, 0.25) is 0 Å². The average Bonchev–Trinajstić information content (AvgIpc) is 2.11. The molecule has 0 amide bonds. The van der Waals surface area contributed by atoms with Crippen molar-refractivity contribution in [2.75, 3.05) is 0 Å². The molecule has 0 aromatic heterocycles. The Bertz CT molecular complexity index is 151. The highest BCUT2D eigenvalue weighted by Crippen LogP contribution is 2.29. The fourth-order valence-corrected chi connectivity index (χ4v) is 1.37. The summed E-state index contributed by atoms with van der Waals surface area (Å²) < 4.78 is 0. The number of hydrogen-bond donors (Lipinski definition) is 0. The van der Waals surface area contributed by atoms with E-state index in [0.717, 1.165) is 0 Å². The summed E-state index contributed by atoms with van der Waals surface area (Å²) in [5.41, 5.74) is 1.71. The van der Waals surface area contributed by atoms with Crippen molar-refractivity contribution in [3.8, 4) is 0 Å². The molecule has 1 aliphatic rings. The van der Waals surface area contributed by atoms with Gasteiger partial charge in [-0.15, -0.1) is 0 Å². The lowest BCUT2D eigenvalue weighted by Crippen LogP contribution is -2.21. The molecule has 1 unspecified atom stereocenters. The van der Waals surface area contributed by atoms with Crippen LogP contribution in [0, 0.1) is 5.41 Å². The van der Waals surface area contributed by atoms with Crippen molar-refractivity contribution < 1.29 is 0 Å². The van der Waals surface area contributed by atoms with Crippen LogP contribution in [0.5, 0.6) is 0 Å². The van der Waals surface area contributed by atoms with E-state index < -0.39 is 0 Å². The topological polar surface area (TPSA) is 12.4 Å². The first-order valence-corrected chi connectivity index (χ1v) is 4.03. The number of hydrogen-bond acceptors (Lipinski definition) is 1. The second-order valence-electron chi connectivity index (χ2n) is 4.28. The Kier molecular flexibility index (Phi) is 1.84. The van der Waals surface area contributed by atoms with Crippen molar-refractivity contribution in [1.82, 2.24) is 0 Å².